The van der Waals surface area contributed by atoms with Crippen LogP contribution in [0.15, 0.2) is 23.7 Å². The molecule has 6 nitrogen and oxygen atoms in total. The highest BCUT2D eigenvalue weighted by Crippen LogP contribution is 2.13. The molecule has 0 atom stereocenters. The molecular formula is C8H9ClN4O2S. The number of fused-ring (bicyclic) bond motifs is 1. The maximum atomic E-state index is 11.9. The van der Waals surface area contributed by atoms with Gasteiger partial charge < -0.3 is 0 Å². The quantitative estimate of drug-likeness (QED) is 0.750. The fourth-order valence-electron chi connectivity index (χ4n) is 1.30. The average molecular weight is 261 g/mol. The van der Waals surface area contributed by atoms with Crippen LogP contribution in [0.4, 0.5) is 0 Å². The first-order valence-corrected chi connectivity index (χ1v) is 6.77. The molecule has 0 aliphatic heterocycles. The summed E-state index contributed by atoms with van der Waals surface area (Å²) in [4.78, 5) is 3.85. The van der Waals surface area contributed by atoms with E-state index in [4.69, 9.17) is 11.6 Å². The molecular weight excluding hydrogens is 252 g/mol. The molecule has 0 bridgehead atoms. The molecule has 0 amide bonds. The van der Waals surface area contributed by atoms with Crippen molar-refractivity contribution in [1.29, 1.82) is 0 Å². The van der Waals surface area contributed by atoms with Crippen molar-refractivity contribution < 1.29 is 8.42 Å². The molecule has 2 aromatic heterocycles. The van der Waals surface area contributed by atoms with E-state index in [9.17, 15) is 8.42 Å². The first-order valence-electron chi connectivity index (χ1n) is 4.58. The minimum Gasteiger partial charge on any atom is -0.285 e. The highest BCUT2D eigenvalue weighted by atomic mass is 35.5. The van der Waals surface area contributed by atoms with Crippen LogP contribution in [0, 0.1) is 0 Å². The van der Waals surface area contributed by atoms with Crippen LogP contribution in [-0.4, -0.2) is 39.6 Å². The van der Waals surface area contributed by atoms with E-state index in [2.05, 4.69) is 15.2 Å². The SMILES string of the molecule is O=S(=O)(CCCCl)c1nccn2cnnc12. The van der Waals surface area contributed by atoms with Gasteiger partial charge in [0.2, 0.25) is 5.03 Å². The molecule has 0 aliphatic rings. The first-order chi connectivity index (χ1) is 7.65. The van der Waals surface area contributed by atoms with Gasteiger partial charge in [-0.1, -0.05) is 0 Å². The highest BCUT2D eigenvalue weighted by molar-refractivity contribution is 7.91. The Morgan fingerprint density at radius 1 is 1.44 bits per heavy atom. The van der Waals surface area contributed by atoms with Crippen LogP contribution >= 0.6 is 11.6 Å². The maximum Gasteiger partial charge on any atom is 0.200 e. The fraction of sp³-hybridized carbons (Fsp3) is 0.375. The fourth-order valence-corrected chi connectivity index (χ4v) is 2.95. The lowest BCUT2D eigenvalue weighted by Crippen LogP contribution is -2.11. The van der Waals surface area contributed by atoms with E-state index in [1.165, 1.54) is 16.9 Å². The van der Waals surface area contributed by atoms with E-state index in [1.54, 1.807) is 6.20 Å². The zero-order valence-corrected chi connectivity index (χ0v) is 9.82. The first kappa shape index (κ1) is 11.3. The Balaban J connectivity index is 2.50. The lowest BCUT2D eigenvalue weighted by Gasteiger charge is -2.02. The van der Waals surface area contributed by atoms with Crippen molar-refractivity contribution in [2.45, 2.75) is 11.4 Å². The summed E-state index contributed by atoms with van der Waals surface area (Å²) in [6.45, 7) is 0. The number of rotatable bonds is 4. The number of halogens is 1. The summed E-state index contributed by atoms with van der Waals surface area (Å²) in [7, 11) is -3.44. The van der Waals surface area contributed by atoms with Crippen LogP contribution < -0.4 is 0 Å². The molecule has 16 heavy (non-hydrogen) atoms. The summed E-state index contributed by atoms with van der Waals surface area (Å²) in [6, 6.07) is 0. The van der Waals surface area contributed by atoms with Crippen molar-refractivity contribution in [1.82, 2.24) is 19.6 Å². The van der Waals surface area contributed by atoms with Gasteiger partial charge in [0.05, 0.1) is 5.75 Å². The molecule has 2 aromatic rings. The molecule has 0 unspecified atom stereocenters. The summed E-state index contributed by atoms with van der Waals surface area (Å²) in [5.41, 5.74) is 0.247. The molecule has 2 heterocycles. The molecule has 86 valence electrons. The summed E-state index contributed by atoms with van der Waals surface area (Å²) < 4.78 is 25.3. The molecule has 0 radical (unpaired) electrons. The average Bonchev–Trinajstić information content (AvgIpc) is 2.73. The van der Waals surface area contributed by atoms with Gasteiger partial charge in [0.15, 0.2) is 15.5 Å². The van der Waals surface area contributed by atoms with Crippen LogP contribution in [0.5, 0.6) is 0 Å². The van der Waals surface area contributed by atoms with Gasteiger partial charge in [-0.3, -0.25) is 4.40 Å². The monoisotopic (exact) mass is 260 g/mol. The third-order valence-corrected chi connectivity index (χ3v) is 4.00. The molecule has 0 aliphatic carbocycles. The summed E-state index contributed by atoms with van der Waals surface area (Å²) in [5, 5.41) is 7.33. The largest absolute Gasteiger partial charge is 0.285 e. The maximum absolute atomic E-state index is 11.9. The number of aromatic nitrogens is 4. The zero-order chi connectivity index (χ0) is 11.6. The second kappa shape index (κ2) is 4.34. The van der Waals surface area contributed by atoms with Crippen LogP contribution in [0.2, 0.25) is 0 Å². The Morgan fingerprint density at radius 3 is 3.00 bits per heavy atom. The normalized spacial score (nSPS) is 12.1. The lowest BCUT2D eigenvalue weighted by molar-refractivity contribution is 0.591. The van der Waals surface area contributed by atoms with Crippen LogP contribution in [-0.2, 0) is 9.84 Å². The van der Waals surface area contributed by atoms with Gasteiger partial charge in [0.25, 0.3) is 0 Å². The van der Waals surface area contributed by atoms with Crippen molar-refractivity contribution in [3.05, 3.63) is 18.7 Å². The Bertz CT molecular complexity index is 595. The molecule has 8 heteroatoms. The molecule has 0 saturated carbocycles. The highest BCUT2D eigenvalue weighted by Gasteiger charge is 2.20. The van der Waals surface area contributed by atoms with E-state index >= 15 is 0 Å². The smallest absolute Gasteiger partial charge is 0.200 e. The third kappa shape index (κ3) is 2.00. The number of nitrogens with zero attached hydrogens (tertiary/aromatic N) is 4. The minimum atomic E-state index is -3.44. The Morgan fingerprint density at radius 2 is 2.25 bits per heavy atom. The van der Waals surface area contributed by atoms with Gasteiger partial charge in [-0.15, -0.1) is 21.8 Å². The number of hydrogen-bond donors (Lipinski definition) is 0. The van der Waals surface area contributed by atoms with Crippen molar-refractivity contribution in [2.24, 2.45) is 0 Å². The van der Waals surface area contributed by atoms with E-state index in [-0.39, 0.29) is 16.4 Å². The van der Waals surface area contributed by atoms with Crippen LogP contribution in [0.25, 0.3) is 5.65 Å². The molecule has 2 rings (SSSR count). The third-order valence-electron chi connectivity index (χ3n) is 2.02. The van der Waals surface area contributed by atoms with Crippen molar-refractivity contribution >= 4 is 27.1 Å². The topological polar surface area (TPSA) is 77.2 Å². The van der Waals surface area contributed by atoms with Crippen molar-refractivity contribution in [3.8, 4) is 0 Å². The van der Waals surface area contributed by atoms with E-state index in [0.717, 1.165) is 0 Å². The number of sulfone groups is 1. The molecule has 0 spiro atoms. The number of alkyl halides is 1. The second-order valence-electron chi connectivity index (χ2n) is 3.16. The van der Waals surface area contributed by atoms with Gasteiger partial charge in [0.1, 0.15) is 6.33 Å². The Hall–Kier alpha value is -1.21. The van der Waals surface area contributed by atoms with E-state index in [1.807, 2.05) is 0 Å². The van der Waals surface area contributed by atoms with Crippen LogP contribution in [0.3, 0.4) is 0 Å². The van der Waals surface area contributed by atoms with Gasteiger partial charge in [0, 0.05) is 18.3 Å². The second-order valence-corrected chi connectivity index (χ2v) is 5.56. The predicted octanol–water partition coefficient (Wildman–Crippen LogP) is 0.527. The molecule has 0 aromatic carbocycles. The number of hydrogen-bond acceptors (Lipinski definition) is 5. The molecule has 0 N–H and O–H groups in total. The Kier molecular flexibility index (Phi) is 3.06. The minimum absolute atomic E-state index is 0.0317. The van der Waals surface area contributed by atoms with Gasteiger partial charge in [-0.2, -0.15) is 0 Å². The summed E-state index contributed by atoms with van der Waals surface area (Å²) >= 11 is 5.47. The predicted molar refractivity (Wildman–Crippen MR) is 58.2 cm³/mol. The van der Waals surface area contributed by atoms with Crippen LogP contribution in [0.1, 0.15) is 6.42 Å². The lowest BCUT2D eigenvalue weighted by atomic mass is 10.6. The summed E-state index contributed by atoms with van der Waals surface area (Å²) in [5.74, 6) is 0.269. The Labute approximate surface area is 97.2 Å². The van der Waals surface area contributed by atoms with Gasteiger partial charge >= 0.3 is 0 Å². The summed E-state index contributed by atoms with van der Waals surface area (Å²) in [6.07, 6.45) is 4.82. The van der Waals surface area contributed by atoms with Crippen molar-refractivity contribution in [3.63, 3.8) is 0 Å². The molecule has 0 fully saturated rings. The van der Waals surface area contributed by atoms with E-state index in [0.29, 0.717) is 12.3 Å². The van der Waals surface area contributed by atoms with Gasteiger partial charge in [-0.05, 0) is 6.42 Å². The standard InChI is InChI=1S/C8H9ClN4O2S/c9-2-1-5-16(14,15)8-7-12-11-6-13(7)4-3-10-8/h3-4,6H,1-2,5H2. The van der Waals surface area contributed by atoms with Crippen molar-refractivity contribution in [2.75, 3.05) is 11.6 Å². The molecule has 0 saturated heterocycles. The van der Waals surface area contributed by atoms with Gasteiger partial charge in [-0.25, -0.2) is 13.4 Å². The van der Waals surface area contributed by atoms with E-state index < -0.39 is 9.84 Å². The zero-order valence-electron chi connectivity index (χ0n) is 8.24.